The zero-order valence-electron chi connectivity index (χ0n) is 9.31. The first-order valence-corrected chi connectivity index (χ1v) is 5.19. The summed E-state index contributed by atoms with van der Waals surface area (Å²) in [7, 11) is 1.66. The molecule has 0 aliphatic heterocycles. The highest BCUT2D eigenvalue weighted by Gasteiger charge is 2.03. The summed E-state index contributed by atoms with van der Waals surface area (Å²) in [4.78, 5) is 10.7. The van der Waals surface area contributed by atoms with Crippen LogP contribution < -0.4 is 4.74 Å². The van der Waals surface area contributed by atoms with Gasteiger partial charge in [-0.15, -0.1) is 0 Å². The minimum absolute atomic E-state index is 0.245. The standard InChI is InChI=1S/C12H16O4/c1-15-7-2-3-8-16-11-6-4-5-10(9-11)12(13)14/h4-6,9H,2-3,7-8H2,1H3,(H,13,14). The SMILES string of the molecule is COCCCCOc1cccc(C(=O)O)c1. The molecule has 0 spiro atoms. The van der Waals surface area contributed by atoms with E-state index in [1.165, 1.54) is 6.07 Å². The molecule has 0 aromatic heterocycles. The highest BCUT2D eigenvalue weighted by atomic mass is 16.5. The van der Waals surface area contributed by atoms with E-state index in [0.29, 0.717) is 12.4 Å². The fourth-order valence-corrected chi connectivity index (χ4v) is 1.26. The molecule has 1 aromatic carbocycles. The van der Waals surface area contributed by atoms with Gasteiger partial charge in [-0.05, 0) is 31.0 Å². The first kappa shape index (κ1) is 12.5. The number of methoxy groups -OCH3 is 1. The molecule has 0 heterocycles. The molecule has 0 aliphatic carbocycles. The van der Waals surface area contributed by atoms with E-state index < -0.39 is 5.97 Å². The maximum Gasteiger partial charge on any atom is 0.335 e. The summed E-state index contributed by atoms with van der Waals surface area (Å²) in [6, 6.07) is 6.50. The third kappa shape index (κ3) is 4.31. The number of benzene rings is 1. The normalized spacial score (nSPS) is 10.1. The molecule has 1 N–H and O–H groups in total. The van der Waals surface area contributed by atoms with Crippen molar-refractivity contribution in [1.82, 2.24) is 0 Å². The molecule has 0 saturated carbocycles. The van der Waals surface area contributed by atoms with E-state index in [2.05, 4.69) is 0 Å². The fourth-order valence-electron chi connectivity index (χ4n) is 1.26. The molecule has 16 heavy (non-hydrogen) atoms. The number of rotatable bonds is 7. The zero-order valence-corrected chi connectivity index (χ0v) is 9.31. The minimum atomic E-state index is -0.940. The average Bonchev–Trinajstić information content (AvgIpc) is 2.29. The van der Waals surface area contributed by atoms with Gasteiger partial charge in [-0.25, -0.2) is 4.79 Å². The lowest BCUT2D eigenvalue weighted by Gasteiger charge is -2.06. The number of unbranched alkanes of at least 4 members (excludes halogenated alkanes) is 1. The van der Waals surface area contributed by atoms with Gasteiger partial charge in [0, 0.05) is 13.7 Å². The van der Waals surface area contributed by atoms with Gasteiger partial charge in [0.1, 0.15) is 5.75 Å². The zero-order chi connectivity index (χ0) is 11.8. The minimum Gasteiger partial charge on any atom is -0.494 e. The molecule has 0 aliphatic rings. The second-order valence-corrected chi connectivity index (χ2v) is 3.38. The molecule has 0 bridgehead atoms. The number of carbonyl (C=O) groups is 1. The van der Waals surface area contributed by atoms with Gasteiger partial charge < -0.3 is 14.6 Å². The molecule has 0 atom stereocenters. The lowest BCUT2D eigenvalue weighted by molar-refractivity contribution is 0.0696. The van der Waals surface area contributed by atoms with E-state index in [-0.39, 0.29) is 5.56 Å². The van der Waals surface area contributed by atoms with Crippen LogP contribution in [-0.2, 0) is 4.74 Å². The molecule has 0 saturated heterocycles. The summed E-state index contributed by atoms with van der Waals surface area (Å²) in [5.41, 5.74) is 0.245. The maximum atomic E-state index is 10.7. The fraction of sp³-hybridized carbons (Fsp3) is 0.417. The van der Waals surface area contributed by atoms with Crippen LogP contribution in [0.1, 0.15) is 23.2 Å². The lowest BCUT2D eigenvalue weighted by Crippen LogP contribution is -2.01. The number of carboxylic acid groups (broad SMARTS) is 1. The topological polar surface area (TPSA) is 55.8 Å². The Morgan fingerprint density at radius 3 is 2.75 bits per heavy atom. The van der Waals surface area contributed by atoms with Gasteiger partial charge >= 0.3 is 5.97 Å². The molecule has 88 valence electrons. The highest BCUT2D eigenvalue weighted by Crippen LogP contribution is 2.13. The van der Waals surface area contributed by atoms with Crippen LogP contribution >= 0.6 is 0 Å². The van der Waals surface area contributed by atoms with E-state index in [4.69, 9.17) is 14.6 Å². The Bertz CT molecular complexity index is 336. The van der Waals surface area contributed by atoms with Crippen molar-refractivity contribution in [2.24, 2.45) is 0 Å². The molecule has 1 rings (SSSR count). The number of hydrogen-bond acceptors (Lipinski definition) is 3. The summed E-state index contributed by atoms with van der Waals surface area (Å²) >= 11 is 0. The van der Waals surface area contributed by atoms with Crippen molar-refractivity contribution in [3.8, 4) is 5.75 Å². The van der Waals surface area contributed by atoms with Crippen molar-refractivity contribution in [2.45, 2.75) is 12.8 Å². The van der Waals surface area contributed by atoms with Crippen LogP contribution in [0.25, 0.3) is 0 Å². The largest absolute Gasteiger partial charge is 0.494 e. The smallest absolute Gasteiger partial charge is 0.335 e. The Morgan fingerprint density at radius 2 is 2.06 bits per heavy atom. The highest BCUT2D eigenvalue weighted by molar-refractivity contribution is 5.87. The monoisotopic (exact) mass is 224 g/mol. The van der Waals surface area contributed by atoms with Gasteiger partial charge in [0.15, 0.2) is 0 Å². The van der Waals surface area contributed by atoms with Crippen molar-refractivity contribution in [3.05, 3.63) is 29.8 Å². The Kier molecular flexibility index (Phi) is 5.36. The predicted octanol–water partition coefficient (Wildman–Crippen LogP) is 2.19. The van der Waals surface area contributed by atoms with E-state index >= 15 is 0 Å². The number of ether oxygens (including phenoxy) is 2. The summed E-state index contributed by atoms with van der Waals surface area (Å²) in [5.74, 6) is -0.345. The van der Waals surface area contributed by atoms with Gasteiger partial charge in [0.2, 0.25) is 0 Å². The summed E-state index contributed by atoms with van der Waals surface area (Å²) in [6.07, 6.45) is 1.83. The first-order valence-electron chi connectivity index (χ1n) is 5.19. The van der Waals surface area contributed by atoms with Gasteiger partial charge in [0.25, 0.3) is 0 Å². The molecular weight excluding hydrogens is 208 g/mol. The van der Waals surface area contributed by atoms with Crippen molar-refractivity contribution >= 4 is 5.97 Å². The van der Waals surface area contributed by atoms with Crippen molar-refractivity contribution < 1.29 is 19.4 Å². The number of carboxylic acids is 1. The van der Waals surface area contributed by atoms with E-state index in [1.807, 2.05) is 0 Å². The quantitative estimate of drug-likeness (QED) is 0.721. The van der Waals surface area contributed by atoms with Gasteiger partial charge in [-0.1, -0.05) is 6.07 Å². The Labute approximate surface area is 94.8 Å². The summed E-state index contributed by atoms with van der Waals surface area (Å²) < 4.78 is 10.3. The Hall–Kier alpha value is -1.55. The molecular formula is C12H16O4. The third-order valence-corrected chi connectivity index (χ3v) is 2.09. The molecule has 4 heteroatoms. The van der Waals surface area contributed by atoms with Crippen LogP contribution in [0.5, 0.6) is 5.75 Å². The second kappa shape index (κ2) is 6.85. The van der Waals surface area contributed by atoms with Crippen LogP contribution in [0.2, 0.25) is 0 Å². The van der Waals surface area contributed by atoms with Crippen molar-refractivity contribution in [1.29, 1.82) is 0 Å². The second-order valence-electron chi connectivity index (χ2n) is 3.38. The predicted molar refractivity (Wildman–Crippen MR) is 60.0 cm³/mol. The summed E-state index contributed by atoms with van der Waals surface area (Å²) in [6.45, 7) is 1.30. The Balaban J connectivity index is 2.36. The number of aromatic carboxylic acids is 1. The third-order valence-electron chi connectivity index (χ3n) is 2.09. The van der Waals surface area contributed by atoms with Crippen LogP contribution in [0, 0.1) is 0 Å². The molecule has 1 aromatic rings. The van der Waals surface area contributed by atoms with Gasteiger partial charge in [-0.2, -0.15) is 0 Å². The van der Waals surface area contributed by atoms with Gasteiger partial charge in [0.05, 0.1) is 12.2 Å². The average molecular weight is 224 g/mol. The van der Waals surface area contributed by atoms with Crippen LogP contribution in [0.4, 0.5) is 0 Å². The van der Waals surface area contributed by atoms with E-state index in [1.54, 1.807) is 25.3 Å². The molecule has 0 fully saturated rings. The summed E-state index contributed by atoms with van der Waals surface area (Å²) in [5, 5.41) is 8.78. The first-order chi connectivity index (χ1) is 7.74. The van der Waals surface area contributed by atoms with Crippen LogP contribution in [0.15, 0.2) is 24.3 Å². The Morgan fingerprint density at radius 1 is 1.31 bits per heavy atom. The van der Waals surface area contributed by atoms with Crippen LogP contribution in [0.3, 0.4) is 0 Å². The maximum absolute atomic E-state index is 10.7. The number of hydrogen-bond donors (Lipinski definition) is 1. The van der Waals surface area contributed by atoms with E-state index in [9.17, 15) is 4.79 Å². The van der Waals surface area contributed by atoms with Gasteiger partial charge in [-0.3, -0.25) is 0 Å². The van der Waals surface area contributed by atoms with Crippen molar-refractivity contribution in [2.75, 3.05) is 20.3 Å². The lowest BCUT2D eigenvalue weighted by atomic mass is 10.2. The molecule has 4 nitrogen and oxygen atoms in total. The van der Waals surface area contributed by atoms with Crippen LogP contribution in [-0.4, -0.2) is 31.4 Å². The van der Waals surface area contributed by atoms with E-state index in [0.717, 1.165) is 19.4 Å². The molecule has 0 unspecified atom stereocenters. The van der Waals surface area contributed by atoms with Crippen molar-refractivity contribution in [3.63, 3.8) is 0 Å². The molecule has 0 amide bonds. The molecule has 0 radical (unpaired) electrons.